The molecule has 0 saturated heterocycles. The van der Waals surface area contributed by atoms with Crippen LogP contribution in [-0.2, 0) is 0 Å². The summed E-state index contributed by atoms with van der Waals surface area (Å²) in [5.74, 6) is 7.21. The van der Waals surface area contributed by atoms with Crippen molar-refractivity contribution in [3.05, 3.63) is 12.7 Å². The predicted molar refractivity (Wildman–Crippen MR) is 67.1 cm³/mol. The van der Waals surface area contributed by atoms with Gasteiger partial charge in [0.15, 0.2) is 0 Å². The molecule has 74 valence electrons. The molecule has 0 radical (unpaired) electrons. The predicted octanol–water partition coefficient (Wildman–Crippen LogP) is 4.09. The van der Waals surface area contributed by atoms with Gasteiger partial charge in [0.2, 0.25) is 0 Å². The van der Waals surface area contributed by atoms with Gasteiger partial charge in [-0.3, -0.25) is 0 Å². The summed E-state index contributed by atoms with van der Waals surface area (Å²) in [6.45, 7) is 3.48. The Labute approximate surface area is 91.4 Å². The quantitative estimate of drug-likeness (QED) is 0.312. The third kappa shape index (κ3) is 12.0. The second kappa shape index (κ2) is 12.0. The van der Waals surface area contributed by atoms with Crippen LogP contribution in [0.2, 0.25) is 0 Å². The molecule has 0 aromatic rings. The maximum atomic E-state index is 3.85. The monoisotopic (exact) mass is 214 g/mol. The van der Waals surface area contributed by atoms with Crippen LogP contribution in [0.15, 0.2) is 12.7 Å². The zero-order valence-electron chi connectivity index (χ0n) is 8.09. The van der Waals surface area contributed by atoms with Gasteiger partial charge < -0.3 is 0 Å². The van der Waals surface area contributed by atoms with Crippen molar-refractivity contribution in [2.75, 3.05) is 5.75 Å². The van der Waals surface area contributed by atoms with Gasteiger partial charge >= 0.3 is 0 Å². The van der Waals surface area contributed by atoms with Crippen molar-refractivity contribution in [3.8, 4) is 11.8 Å². The van der Waals surface area contributed by atoms with E-state index in [1.807, 2.05) is 6.08 Å². The average molecular weight is 214 g/mol. The molecule has 0 aliphatic heterocycles. The Hall–Kier alpha value is -0.000000000000000111. The van der Waals surface area contributed by atoms with E-state index in [0.29, 0.717) is 0 Å². The van der Waals surface area contributed by atoms with Gasteiger partial charge in [-0.25, -0.2) is 0 Å². The smallest absolute Gasteiger partial charge is 0.0212 e. The summed E-state index contributed by atoms with van der Waals surface area (Å²) < 4.78 is 0. The Morgan fingerprint density at radius 1 is 1.15 bits per heavy atom. The summed E-state index contributed by atoms with van der Waals surface area (Å²) in [7, 11) is 1.48. The fourth-order valence-corrected chi connectivity index (χ4v) is 1.43. The molecule has 2 heteroatoms. The lowest BCUT2D eigenvalue weighted by atomic mass is 10.1. The first kappa shape index (κ1) is 13.0. The molecule has 0 spiro atoms. The minimum atomic E-state index is 0.934. The lowest BCUT2D eigenvalue weighted by Gasteiger charge is -1.97. The van der Waals surface area contributed by atoms with Crippen LogP contribution in [0.25, 0.3) is 0 Å². The molecule has 0 nitrogen and oxygen atoms in total. The van der Waals surface area contributed by atoms with Crippen LogP contribution in [-0.4, -0.2) is 5.75 Å². The molecule has 0 saturated carbocycles. The lowest BCUT2D eigenvalue weighted by Crippen LogP contribution is -1.80. The van der Waals surface area contributed by atoms with E-state index in [2.05, 4.69) is 30.1 Å². The molecule has 13 heavy (non-hydrogen) atoms. The molecule has 0 atom stereocenters. The van der Waals surface area contributed by atoms with E-state index in [-0.39, 0.29) is 0 Å². The van der Waals surface area contributed by atoms with Crippen molar-refractivity contribution in [1.29, 1.82) is 0 Å². The molecule has 0 N–H and O–H groups in total. The molecule has 0 aromatic carbocycles. The molecular weight excluding hydrogens is 196 g/mol. The van der Waals surface area contributed by atoms with Gasteiger partial charge in [-0.1, -0.05) is 29.7 Å². The van der Waals surface area contributed by atoms with Crippen LogP contribution < -0.4 is 0 Å². The summed E-state index contributed by atoms with van der Waals surface area (Å²) in [4.78, 5) is 0. The van der Waals surface area contributed by atoms with Gasteiger partial charge in [0.1, 0.15) is 0 Å². The van der Waals surface area contributed by atoms with E-state index < -0.39 is 0 Å². The average Bonchev–Trinajstić information content (AvgIpc) is 2.05. The van der Waals surface area contributed by atoms with Gasteiger partial charge in [-0.2, -0.15) is 0 Å². The zero-order chi connectivity index (χ0) is 9.78. The minimum Gasteiger partial charge on any atom is -0.111 e. The first-order valence-corrected chi connectivity index (χ1v) is 6.78. The Morgan fingerprint density at radius 3 is 2.00 bits per heavy atom. The first-order chi connectivity index (χ1) is 6.41. The van der Waals surface area contributed by atoms with E-state index in [1.165, 1.54) is 36.5 Å². The summed E-state index contributed by atoms with van der Waals surface area (Å²) in [6.07, 6.45) is 9.54. The normalized spacial score (nSPS) is 15.2. The van der Waals surface area contributed by atoms with E-state index >= 15 is 0 Å². The van der Waals surface area contributed by atoms with Crippen molar-refractivity contribution in [1.82, 2.24) is 0 Å². The second-order valence-electron chi connectivity index (χ2n) is 2.85. The molecule has 0 heterocycles. The molecule has 1 rings (SSSR count). The van der Waals surface area contributed by atoms with Crippen LogP contribution in [0.1, 0.15) is 38.5 Å². The summed E-state index contributed by atoms with van der Waals surface area (Å²) in [6, 6.07) is 0. The van der Waals surface area contributed by atoms with Gasteiger partial charge in [-0.05, 0) is 12.8 Å². The number of thiol groups is 1. The lowest BCUT2D eigenvalue weighted by molar-refractivity contribution is 0.652. The fourth-order valence-electron chi connectivity index (χ4n) is 1.01. The van der Waals surface area contributed by atoms with E-state index in [4.69, 9.17) is 0 Å². The van der Waals surface area contributed by atoms with Crippen LogP contribution in [0, 0.1) is 11.8 Å². The van der Waals surface area contributed by atoms with Crippen molar-refractivity contribution in [3.63, 3.8) is 0 Å². The van der Waals surface area contributed by atoms with E-state index in [9.17, 15) is 0 Å². The Morgan fingerprint density at radius 2 is 1.69 bits per heavy atom. The summed E-state index contributed by atoms with van der Waals surface area (Å²) >= 11 is 3.85. The van der Waals surface area contributed by atoms with E-state index in [0.717, 1.165) is 18.6 Å². The SMILES string of the molecule is C1#CCCCCCC1.C=CCSS. The highest BCUT2D eigenvalue weighted by Crippen LogP contribution is 2.06. The highest BCUT2D eigenvalue weighted by Gasteiger charge is 1.89. The highest BCUT2D eigenvalue weighted by molar-refractivity contribution is 8.68. The molecule has 0 fully saturated rings. The van der Waals surface area contributed by atoms with Gasteiger partial charge in [0.25, 0.3) is 0 Å². The number of hydrogen-bond donors (Lipinski definition) is 1. The minimum absolute atomic E-state index is 0.934. The Bertz CT molecular complexity index is 153. The highest BCUT2D eigenvalue weighted by atomic mass is 33.1. The molecule has 1 aliphatic carbocycles. The third-order valence-corrected chi connectivity index (χ3v) is 2.50. The van der Waals surface area contributed by atoms with Crippen LogP contribution in [0.4, 0.5) is 0 Å². The van der Waals surface area contributed by atoms with Crippen molar-refractivity contribution in [2.45, 2.75) is 38.5 Å². The second-order valence-corrected chi connectivity index (χ2v) is 4.22. The van der Waals surface area contributed by atoms with Crippen molar-refractivity contribution < 1.29 is 0 Å². The fraction of sp³-hybridized carbons (Fsp3) is 0.636. The van der Waals surface area contributed by atoms with Crippen LogP contribution in [0.5, 0.6) is 0 Å². The molecule has 0 aromatic heterocycles. The maximum absolute atomic E-state index is 3.85. The Balaban J connectivity index is 0.000000252. The van der Waals surface area contributed by atoms with Crippen LogP contribution in [0.3, 0.4) is 0 Å². The molecule has 0 bridgehead atoms. The molecule has 1 aliphatic rings. The third-order valence-electron chi connectivity index (χ3n) is 1.67. The number of rotatable bonds is 2. The first-order valence-electron chi connectivity index (χ1n) is 4.74. The van der Waals surface area contributed by atoms with Crippen LogP contribution >= 0.6 is 22.5 Å². The topological polar surface area (TPSA) is 0 Å². The molecular formula is C11H18S2. The molecule has 0 unspecified atom stereocenters. The van der Waals surface area contributed by atoms with Gasteiger partial charge in [0, 0.05) is 18.6 Å². The number of hydrogen-bond acceptors (Lipinski definition) is 2. The van der Waals surface area contributed by atoms with Gasteiger partial charge in [-0.15, -0.1) is 30.1 Å². The van der Waals surface area contributed by atoms with Gasteiger partial charge in [0.05, 0.1) is 0 Å². The standard InChI is InChI=1S/C8H12.C3H6S2/c1-2-4-6-8-7-5-3-1;1-2-3-5-4/h1-6H2;2,4H,1,3H2. The van der Waals surface area contributed by atoms with Crippen molar-refractivity contribution >= 4 is 22.5 Å². The zero-order valence-corrected chi connectivity index (χ0v) is 9.80. The Kier molecular flexibility index (Phi) is 12.0. The summed E-state index contributed by atoms with van der Waals surface area (Å²) in [5, 5.41) is 0. The van der Waals surface area contributed by atoms with E-state index in [1.54, 1.807) is 0 Å². The summed E-state index contributed by atoms with van der Waals surface area (Å²) in [5.41, 5.74) is 0. The molecule has 0 amide bonds. The van der Waals surface area contributed by atoms with Crippen molar-refractivity contribution in [2.24, 2.45) is 0 Å². The largest absolute Gasteiger partial charge is 0.111 e. The maximum Gasteiger partial charge on any atom is 0.0212 e.